The summed E-state index contributed by atoms with van der Waals surface area (Å²) in [5, 5.41) is 8.90. The number of aromatic nitrogens is 2. The molecule has 0 spiro atoms. The van der Waals surface area contributed by atoms with Crippen molar-refractivity contribution in [3.05, 3.63) is 42.2 Å². The molecule has 0 aliphatic rings. The van der Waals surface area contributed by atoms with Crippen LogP contribution in [0.25, 0.3) is 11.3 Å². The van der Waals surface area contributed by atoms with Crippen molar-refractivity contribution in [1.82, 2.24) is 9.97 Å². The average molecular weight is 272 g/mol. The summed E-state index contributed by atoms with van der Waals surface area (Å²) < 4.78 is 5.77. The SMILES string of the molecule is CC(C)(C)Oc1nccnc1-c1ccc(C(=O)O)cc1. The lowest BCUT2D eigenvalue weighted by Gasteiger charge is -2.21. The largest absolute Gasteiger partial charge is 0.478 e. The lowest BCUT2D eigenvalue weighted by Crippen LogP contribution is -2.24. The highest BCUT2D eigenvalue weighted by molar-refractivity contribution is 5.88. The smallest absolute Gasteiger partial charge is 0.335 e. The maximum absolute atomic E-state index is 10.9. The van der Waals surface area contributed by atoms with Gasteiger partial charge in [-0.05, 0) is 32.9 Å². The van der Waals surface area contributed by atoms with Crippen LogP contribution in [0.4, 0.5) is 0 Å². The fraction of sp³-hybridized carbons (Fsp3) is 0.267. The molecule has 2 rings (SSSR count). The van der Waals surface area contributed by atoms with E-state index in [1.807, 2.05) is 20.8 Å². The summed E-state index contributed by atoms with van der Waals surface area (Å²) >= 11 is 0. The van der Waals surface area contributed by atoms with Crippen molar-refractivity contribution < 1.29 is 14.6 Å². The van der Waals surface area contributed by atoms with Gasteiger partial charge in [0.25, 0.3) is 0 Å². The molecule has 0 amide bonds. The number of carboxylic acid groups (broad SMARTS) is 1. The molecule has 1 N–H and O–H groups in total. The minimum absolute atomic E-state index is 0.232. The zero-order valence-corrected chi connectivity index (χ0v) is 11.6. The van der Waals surface area contributed by atoms with Gasteiger partial charge in [0.15, 0.2) is 0 Å². The van der Waals surface area contributed by atoms with Crippen molar-refractivity contribution in [1.29, 1.82) is 0 Å². The molecule has 0 saturated heterocycles. The summed E-state index contributed by atoms with van der Waals surface area (Å²) in [6, 6.07) is 6.46. The van der Waals surface area contributed by atoms with Gasteiger partial charge in [-0.1, -0.05) is 12.1 Å². The van der Waals surface area contributed by atoms with Gasteiger partial charge in [0.05, 0.1) is 5.56 Å². The lowest BCUT2D eigenvalue weighted by molar-refractivity contribution is 0.0697. The molecule has 1 aromatic heterocycles. The molecule has 2 aromatic rings. The Morgan fingerprint density at radius 1 is 1.10 bits per heavy atom. The monoisotopic (exact) mass is 272 g/mol. The highest BCUT2D eigenvalue weighted by Crippen LogP contribution is 2.28. The van der Waals surface area contributed by atoms with Crippen LogP contribution in [-0.2, 0) is 0 Å². The summed E-state index contributed by atoms with van der Waals surface area (Å²) in [5.41, 5.74) is 1.21. The van der Waals surface area contributed by atoms with Crippen LogP contribution in [0.5, 0.6) is 5.88 Å². The molecule has 0 unspecified atom stereocenters. The predicted octanol–water partition coefficient (Wildman–Crippen LogP) is 3.02. The number of carboxylic acids is 1. The molecule has 0 aliphatic carbocycles. The number of hydrogen-bond donors (Lipinski definition) is 1. The van der Waals surface area contributed by atoms with E-state index in [1.54, 1.807) is 24.5 Å². The van der Waals surface area contributed by atoms with Crippen LogP contribution in [0, 0.1) is 0 Å². The highest BCUT2D eigenvalue weighted by Gasteiger charge is 2.17. The van der Waals surface area contributed by atoms with E-state index in [1.165, 1.54) is 12.1 Å². The molecular weight excluding hydrogens is 256 g/mol. The van der Waals surface area contributed by atoms with Gasteiger partial charge in [-0.3, -0.25) is 0 Å². The summed E-state index contributed by atoms with van der Waals surface area (Å²) in [7, 11) is 0. The number of hydrogen-bond acceptors (Lipinski definition) is 4. The summed E-state index contributed by atoms with van der Waals surface area (Å²) in [5.74, 6) is -0.523. The molecule has 0 bridgehead atoms. The van der Waals surface area contributed by atoms with Crippen LogP contribution in [0.1, 0.15) is 31.1 Å². The summed E-state index contributed by atoms with van der Waals surface area (Å²) in [6.45, 7) is 5.79. The van der Waals surface area contributed by atoms with Gasteiger partial charge < -0.3 is 9.84 Å². The van der Waals surface area contributed by atoms with Crippen molar-refractivity contribution >= 4 is 5.97 Å². The second kappa shape index (κ2) is 5.28. The molecule has 0 fully saturated rings. The molecule has 5 heteroatoms. The van der Waals surface area contributed by atoms with Gasteiger partial charge >= 0.3 is 5.97 Å². The molecule has 5 nitrogen and oxygen atoms in total. The van der Waals surface area contributed by atoms with Crippen molar-refractivity contribution in [3.63, 3.8) is 0 Å². The molecule has 0 aliphatic heterocycles. The van der Waals surface area contributed by atoms with Crippen LogP contribution in [-0.4, -0.2) is 26.6 Å². The van der Waals surface area contributed by atoms with Crippen LogP contribution in [0.2, 0.25) is 0 Å². The van der Waals surface area contributed by atoms with E-state index in [4.69, 9.17) is 9.84 Å². The van der Waals surface area contributed by atoms with Crippen LogP contribution in [0.15, 0.2) is 36.7 Å². The normalized spacial score (nSPS) is 11.2. The van der Waals surface area contributed by atoms with Gasteiger partial charge in [-0.25, -0.2) is 14.8 Å². The fourth-order valence-electron chi connectivity index (χ4n) is 1.66. The van der Waals surface area contributed by atoms with E-state index < -0.39 is 5.97 Å². The number of nitrogens with zero attached hydrogens (tertiary/aromatic N) is 2. The average Bonchev–Trinajstić information content (AvgIpc) is 2.37. The van der Waals surface area contributed by atoms with Gasteiger partial charge in [0, 0.05) is 18.0 Å². The van der Waals surface area contributed by atoms with Crippen molar-refractivity contribution in [2.45, 2.75) is 26.4 Å². The second-order valence-corrected chi connectivity index (χ2v) is 5.31. The maximum Gasteiger partial charge on any atom is 0.335 e. The first kappa shape index (κ1) is 14.0. The third kappa shape index (κ3) is 3.32. The number of rotatable bonds is 3. The minimum atomic E-state index is -0.957. The predicted molar refractivity (Wildman–Crippen MR) is 74.8 cm³/mol. The molecule has 1 heterocycles. The van der Waals surface area contributed by atoms with E-state index in [-0.39, 0.29) is 11.2 Å². The lowest BCUT2D eigenvalue weighted by atomic mass is 10.1. The minimum Gasteiger partial charge on any atom is -0.478 e. The molecule has 0 radical (unpaired) electrons. The van der Waals surface area contributed by atoms with Crippen molar-refractivity contribution in [3.8, 4) is 17.1 Å². The molecule has 1 aromatic carbocycles. The molecule has 0 saturated carbocycles. The van der Waals surface area contributed by atoms with E-state index in [9.17, 15) is 4.79 Å². The summed E-state index contributed by atoms with van der Waals surface area (Å²) in [4.78, 5) is 19.3. The van der Waals surface area contributed by atoms with Gasteiger partial charge in [-0.2, -0.15) is 0 Å². The Balaban J connectivity index is 2.39. The Labute approximate surface area is 117 Å². The van der Waals surface area contributed by atoms with Crippen molar-refractivity contribution in [2.24, 2.45) is 0 Å². The first-order valence-electron chi connectivity index (χ1n) is 6.20. The van der Waals surface area contributed by atoms with Crippen LogP contribution in [0.3, 0.4) is 0 Å². The molecule has 0 atom stereocenters. The Bertz CT molecular complexity index is 616. The third-order valence-corrected chi connectivity index (χ3v) is 2.47. The van der Waals surface area contributed by atoms with Crippen LogP contribution < -0.4 is 4.74 Å². The first-order chi connectivity index (χ1) is 9.37. The molecule has 20 heavy (non-hydrogen) atoms. The quantitative estimate of drug-likeness (QED) is 0.929. The highest BCUT2D eigenvalue weighted by atomic mass is 16.5. The second-order valence-electron chi connectivity index (χ2n) is 5.31. The standard InChI is InChI=1S/C15H16N2O3/c1-15(2,3)20-13-12(16-8-9-17-13)10-4-6-11(7-5-10)14(18)19/h4-9H,1-3H3,(H,18,19). The van der Waals surface area contributed by atoms with E-state index in [2.05, 4.69) is 9.97 Å². The van der Waals surface area contributed by atoms with E-state index >= 15 is 0 Å². The first-order valence-corrected chi connectivity index (χ1v) is 6.20. The van der Waals surface area contributed by atoms with Gasteiger partial charge in [0.1, 0.15) is 11.3 Å². The Hall–Kier alpha value is -2.43. The van der Waals surface area contributed by atoms with Gasteiger partial charge in [0.2, 0.25) is 5.88 Å². The fourth-order valence-corrected chi connectivity index (χ4v) is 1.66. The van der Waals surface area contributed by atoms with E-state index in [0.717, 1.165) is 5.56 Å². The number of ether oxygens (including phenoxy) is 1. The molecule has 104 valence electrons. The van der Waals surface area contributed by atoms with E-state index in [0.29, 0.717) is 11.6 Å². The number of carbonyl (C=O) groups is 1. The van der Waals surface area contributed by atoms with Crippen molar-refractivity contribution in [2.75, 3.05) is 0 Å². The number of aromatic carboxylic acids is 1. The van der Waals surface area contributed by atoms with Crippen LogP contribution >= 0.6 is 0 Å². The zero-order chi connectivity index (χ0) is 14.8. The Kier molecular flexibility index (Phi) is 3.70. The third-order valence-electron chi connectivity index (χ3n) is 2.47. The Morgan fingerprint density at radius 2 is 1.70 bits per heavy atom. The zero-order valence-electron chi connectivity index (χ0n) is 11.6. The maximum atomic E-state index is 10.9. The summed E-state index contributed by atoms with van der Waals surface area (Å²) in [6.07, 6.45) is 3.14. The van der Waals surface area contributed by atoms with Gasteiger partial charge in [-0.15, -0.1) is 0 Å². The molecular formula is C15H16N2O3. The topological polar surface area (TPSA) is 72.3 Å². The number of benzene rings is 1. The Morgan fingerprint density at radius 3 is 2.25 bits per heavy atom.